The second kappa shape index (κ2) is 13.8. The average Bonchev–Trinajstić information content (AvgIpc) is 3.79. The maximum absolute atomic E-state index is 12.5. The lowest BCUT2D eigenvalue weighted by molar-refractivity contribution is 0.0184. The minimum absolute atomic E-state index is 0.179. The van der Waals surface area contributed by atoms with E-state index in [2.05, 4.69) is 56.4 Å². The number of hydrogen-bond acceptors (Lipinski definition) is 10. The summed E-state index contributed by atoms with van der Waals surface area (Å²) in [4.78, 5) is 28.3. The number of aromatic nitrogens is 6. The van der Waals surface area contributed by atoms with E-state index in [1.54, 1.807) is 22.7 Å². The maximum atomic E-state index is 12.5. The number of likely N-dealkylation sites (tertiary alicyclic amines) is 1. The smallest absolute Gasteiger partial charge is 0.410 e. The lowest BCUT2D eigenvalue weighted by Crippen LogP contribution is -2.46. The van der Waals surface area contributed by atoms with Gasteiger partial charge in [-0.25, -0.2) is 19.3 Å². The number of nitriles is 1. The molecule has 0 atom stereocenters. The van der Waals surface area contributed by atoms with Gasteiger partial charge in [0.1, 0.15) is 17.5 Å². The highest BCUT2D eigenvalue weighted by atomic mass is 16.6. The molecule has 5 aromatic rings. The van der Waals surface area contributed by atoms with E-state index in [0.29, 0.717) is 24.5 Å². The van der Waals surface area contributed by atoms with Crippen LogP contribution in [0.1, 0.15) is 50.8 Å². The second-order valence-corrected chi connectivity index (χ2v) is 13.9. The fraction of sp³-hybridized carbons (Fsp3) is 0.405. The number of anilines is 1. The van der Waals surface area contributed by atoms with Gasteiger partial charge in [-0.2, -0.15) is 15.5 Å². The highest BCUT2D eigenvalue weighted by Crippen LogP contribution is 2.33. The summed E-state index contributed by atoms with van der Waals surface area (Å²) < 4.78 is 14.5. The van der Waals surface area contributed by atoms with Crippen molar-refractivity contribution in [3.8, 4) is 34.2 Å². The third-order valence-corrected chi connectivity index (χ3v) is 9.33. The molecule has 0 aliphatic carbocycles. The zero-order valence-electron chi connectivity index (χ0n) is 29.0. The van der Waals surface area contributed by atoms with Gasteiger partial charge in [-0.05, 0) is 57.4 Å². The predicted molar refractivity (Wildman–Crippen MR) is 189 cm³/mol. The molecule has 5 aromatic heterocycles. The van der Waals surface area contributed by atoms with E-state index < -0.39 is 5.60 Å². The van der Waals surface area contributed by atoms with Crippen molar-refractivity contribution in [2.45, 2.75) is 51.8 Å². The Bertz CT molecular complexity index is 1990. The fourth-order valence-corrected chi connectivity index (χ4v) is 6.66. The summed E-state index contributed by atoms with van der Waals surface area (Å²) in [5, 5.41) is 19.1. The number of piperidine rings is 1. The molecule has 258 valence electrons. The van der Waals surface area contributed by atoms with E-state index in [4.69, 9.17) is 19.6 Å². The van der Waals surface area contributed by atoms with E-state index in [-0.39, 0.29) is 12.1 Å². The summed E-state index contributed by atoms with van der Waals surface area (Å²) in [5.74, 6) is 1.55. The zero-order valence-corrected chi connectivity index (χ0v) is 29.0. The van der Waals surface area contributed by atoms with Crippen molar-refractivity contribution in [2.75, 3.05) is 51.3 Å². The van der Waals surface area contributed by atoms with Gasteiger partial charge in [-0.1, -0.05) is 6.07 Å². The Labute approximate surface area is 291 Å². The van der Waals surface area contributed by atoms with Crippen LogP contribution < -0.4 is 9.64 Å². The third kappa shape index (κ3) is 7.11. The molecule has 13 heteroatoms. The van der Waals surface area contributed by atoms with Crippen LogP contribution in [0.5, 0.6) is 5.88 Å². The molecule has 50 heavy (non-hydrogen) atoms. The Morgan fingerprint density at radius 3 is 2.36 bits per heavy atom. The summed E-state index contributed by atoms with van der Waals surface area (Å²) in [5.41, 5.74) is 5.57. The number of nitrogens with zero attached hydrogens (tertiary/aromatic N) is 10. The Hall–Kier alpha value is -5.48. The van der Waals surface area contributed by atoms with Crippen LogP contribution in [0.3, 0.4) is 0 Å². The van der Waals surface area contributed by atoms with E-state index in [1.807, 2.05) is 56.3 Å². The van der Waals surface area contributed by atoms with Gasteiger partial charge < -0.3 is 19.3 Å². The fourth-order valence-electron chi connectivity index (χ4n) is 6.66. The summed E-state index contributed by atoms with van der Waals surface area (Å²) in [6.07, 6.45) is 12.6. The van der Waals surface area contributed by atoms with Crippen LogP contribution in [0.2, 0.25) is 0 Å². The number of amides is 1. The van der Waals surface area contributed by atoms with Crippen molar-refractivity contribution in [3.63, 3.8) is 0 Å². The second-order valence-electron chi connectivity index (χ2n) is 13.9. The van der Waals surface area contributed by atoms with Crippen LogP contribution >= 0.6 is 0 Å². The van der Waals surface area contributed by atoms with E-state index in [9.17, 15) is 10.1 Å². The Morgan fingerprint density at radius 1 is 0.900 bits per heavy atom. The largest absolute Gasteiger partial charge is 0.481 e. The number of fused-ring (bicyclic) bond motifs is 1. The summed E-state index contributed by atoms with van der Waals surface area (Å²) in [7, 11) is 1.63. The van der Waals surface area contributed by atoms with E-state index >= 15 is 0 Å². The molecule has 7 rings (SSSR count). The minimum Gasteiger partial charge on any atom is -0.481 e. The monoisotopic (exact) mass is 674 g/mol. The van der Waals surface area contributed by atoms with Crippen molar-refractivity contribution in [3.05, 3.63) is 78.6 Å². The maximum Gasteiger partial charge on any atom is 0.410 e. The molecule has 0 bridgehead atoms. The van der Waals surface area contributed by atoms with Gasteiger partial charge in [-0.15, -0.1) is 0 Å². The Kier molecular flexibility index (Phi) is 9.12. The molecule has 7 heterocycles. The van der Waals surface area contributed by atoms with Gasteiger partial charge in [0.25, 0.3) is 0 Å². The lowest BCUT2D eigenvalue weighted by atomic mass is 10.0. The van der Waals surface area contributed by atoms with Crippen LogP contribution in [-0.2, 0) is 11.3 Å². The molecule has 0 saturated carbocycles. The number of hydrogen-bond donors (Lipinski definition) is 0. The summed E-state index contributed by atoms with van der Waals surface area (Å²) in [6.45, 7) is 11.3. The number of pyridine rings is 3. The molecule has 0 N–H and O–H groups in total. The molecular formula is C37H42N10O3. The van der Waals surface area contributed by atoms with Crippen molar-refractivity contribution in [1.82, 2.24) is 39.2 Å². The van der Waals surface area contributed by atoms with Crippen LogP contribution in [-0.4, -0.2) is 97.2 Å². The number of methoxy groups -OCH3 is 1. The summed E-state index contributed by atoms with van der Waals surface area (Å²) in [6, 6.07) is 12.7. The average molecular weight is 675 g/mol. The molecule has 0 spiro atoms. The number of ether oxygens (including phenoxy) is 2. The molecule has 2 fully saturated rings. The first-order valence-corrected chi connectivity index (χ1v) is 17.0. The minimum atomic E-state index is -0.515. The van der Waals surface area contributed by atoms with Crippen LogP contribution in [0.4, 0.5) is 10.6 Å². The molecule has 13 nitrogen and oxygen atoms in total. The van der Waals surface area contributed by atoms with Crippen molar-refractivity contribution in [1.29, 1.82) is 5.26 Å². The standard InChI is InChI=1S/C37H42N10O3/c1-37(2,3)50-36(48)45-11-9-31(10-12-45)46-25-30(22-41-46)28-17-32(35-29(18-38)21-42-47(35)24-28)27-6-7-33(39-20-27)44-15-13-43(14-16-44)23-26-5-8-34(49-4)40-19-26/h5-8,17,19-22,24-25,31H,9-16,23H2,1-4H3. The zero-order chi connectivity index (χ0) is 34.8. The lowest BCUT2D eigenvalue weighted by Gasteiger charge is -2.35. The first-order valence-electron chi connectivity index (χ1n) is 17.0. The molecule has 2 aliphatic heterocycles. The highest BCUT2D eigenvalue weighted by Gasteiger charge is 2.28. The Morgan fingerprint density at radius 2 is 1.70 bits per heavy atom. The first-order chi connectivity index (χ1) is 24.2. The molecular weight excluding hydrogens is 632 g/mol. The molecule has 0 unspecified atom stereocenters. The molecule has 2 saturated heterocycles. The molecule has 1 amide bonds. The van der Waals surface area contributed by atoms with Crippen LogP contribution in [0.25, 0.3) is 27.8 Å². The number of carbonyl (C=O) groups is 1. The predicted octanol–water partition coefficient (Wildman–Crippen LogP) is 5.43. The first kappa shape index (κ1) is 33.0. The van der Waals surface area contributed by atoms with Gasteiger partial charge >= 0.3 is 6.09 Å². The van der Waals surface area contributed by atoms with E-state index in [1.165, 1.54) is 5.56 Å². The van der Waals surface area contributed by atoms with Crippen LogP contribution in [0, 0.1) is 11.3 Å². The number of carbonyl (C=O) groups excluding carboxylic acids is 1. The van der Waals surface area contributed by atoms with Gasteiger partial charge in [0.05, 0.1) is 36.6 Å². The quantitative estimate of drug-likeness (QED) is 0.220. The van der Waals surface area contributed by atoms with E-state index in [0.717, 1.165) is 79.2 Å². The summed E-state index contributed by atoms with van der Waals surface area (Å²) >= 11 is 0. The van der Waals surface area contributed by atoms with Crippen molar-refractivity contribution >= 4 is 17.4 Å². The van der Waals surface area contributed by atoms with Gasteiger partial charge in [0.15, 0.2) is 0 Å². The van der Waals surface area contributed by atoms with Gasteiger partial charge in [-0.3, -0.25) is 9.58 Å². The third-order valence-electron chi connectivity index (χ3n) is 9.33. The van der Waals surface area contributed by atoms with Crippen LogP contribution in [0.15, 0.2) is 67.5 Å². The SMILES string of the molecule is COc1ccc(CN2CCN(c3ccc(-c4cc(-c5cnn(C6CCN(C(=O)OC(C)(C)C)CC6)c5)cn5ncc(C#N)c45)cn3)CC2)cn1. The normalized spacial score (nSPS) is 16.1. The molecule has 0 aromatic carbocycles. The van der Waals surface area contributed by atoms with Crippen molar-refractivity contribution in [2.24, 2.45) is 0 Å². The van der Waals surface area contributed by atoms with Crippen molar-refractivity contribution < 1.29 is 14.3 Å². The highest BCUT2D eigenvalue weighted by molar-refractivity contribution is 5.87. The number of rotatable bonds is 7. The van der Waals surface area contributed by atoms with Gasteiger partial charge in [0.2, 0.25) is 5.88 Å². The topological polar surface area (TPSA) is 130 Å². The number of piperazine rings is 1. The Balaban J connectivity index is 1.05. The van der Waals surface area contributed by atoms with Gasteiger partial charge in [0, 0.05) is 98.9 Å². The molecule has 0 radical (unpaired) electrons. The molecule has 2 aliphatic rings.